The number of Topliss-reactive ketones (excluding diaryl/α,β-unsaturated/α-hetero) is 2. The van der Waals surface area contributed by atoms with Crippen LogP contribution in [0.3, 0.4) is 0 Å². The lowest BCUT2D eigenvalue weighted by atomic mass is 9.91. The number of nitrogens with one attached hydrogen (secondary N) is 1. The second kappa shape index (κ2) is 31.8. The Morgan fingerprint density at radius 2 is 0.667 bits per heavy atom. The predicted molar refractivity (Wildman–Crippen MR) is 173 cm³/mol. The molecule has 39 heavy (non-hydrogen) atoms. The molecular formula is C36H71NO2. The summed E-state index contributed by atoms with van der Waals surface area (Å²) in [5.41, 5.74) is 0. The maximum Gasteiger partial charge on any atom is 0.144 e. The average molecular weight is 550 g/mol. The summed E-state index contributed by atoms with van der Waals surface area (Å²) >= 11 is 0. The summed E-state index contributed by atoms with van der Waals surface area (Å²) in [6.45, 7) is 7.95. The van der Waals surface area contributed by atoms with Gasteiger partial charge in [-0.2, -0.15) is 0 Å². The van der Waals surface area contributed by atoms with Gasteiger partial charge in [0.05, 0.1) is 5.92 Å². The maximum atomic E-state index is 12.9. The van der Waals surface area contributed by atoms with Gasteiger partial charge in [-0.1, -0.05) is 175 Å². The van der Waals surface area contributed by atoms with E-state index in [0.717, 1.165) is 32.2 Å². The Morgan fingerprint density at radius 3 is 0.923 bits per heavy atom. The van der Waals surface area contributed by atoms with Crippen LogP contribution in [0.1, 0.15) is 201 Å². The summed E-state index contributed by atoms with van der Waals surface area (Å²) in [7, 11) is 0. The highest BCUT2D eigenvalue weighted by molar-refractivity contribution is 6.02. The summed E-state index contributed by atoms with van der Waals surface area (Å²) in [6.07, 6.45) is 35.3. The maximum absolute atomic E-state index is 12.9. The first-order valence-corrected chi connectivity index (χ1v) is 17.9. The second-order valence-corrected chi connectivity index (χ2v) is 12.3. The van der Waals surface area contributed by atoms with Crippen molar-refractivity contribution in [2.45, 2.75) is 201 Å². The van der Waals surface area contributed by atoms with Crippen LogP contribution in [0.15, 0.2) is 0 Å². The highest BCUT2D eigenvalue weighted by Crippen LogP contribution is 2.17. The zero-order valence-electron chi connectivity index (χ0n) is 27.1. The lowest BCUT2D eigenvalue weighted by molar-refractivity contribution is -0.132. The molecule has 232 valence electrons. The van der Waals surface area contributed by atoms with Crippen LogP contribution in [0, 0.1) is 5.92 Å². The molecule has 3 heteroatoms. The molecule has 0 saturated carbocycles. The molecule has 0 radical (unpaired) electrons. The third-order valence-corrected chi connectivity index (χ3v) is 8.43. The first-order chi connectivity index (χ1) is 19.2. The molecule has 0 heterocycles. The van der Waals surface area contributed by atoms with Crippen LogP contribution in [-0.4, -0.2) is 24.7 Å². The normalized spacial score (nSPS) is 11.5. The molecule has 0 aliphatic heterocycles. The molecule has 0 spiro atoms. The largest absolute Gasteiger partial charge is 0.316 e. The van der Waals surface area contributed by atoms with E-state index in [4.69, 9.17) is 0 Å². The van der Waals surface area contributed by atoms with Crippen LogP contribution in [0.5, 0.6) is 0 Å². The third kappa shape index (κ3) is 27.2. The third-order valence-electron chi connectivity index (χ3n) is 8.43. The molecule has 0 amide bonds. The molecule has 1 N–H and O–H groups in total. The molecule has 0 atom stereocenters. The minimum atomic E-state index is -0.417. The molecule has 0 aromatic carbocycles. The van der Waals surface area contributed by atoms with Crippen molar-refractivity contribution in [2.24, 2.45) is 5.92 Å². The zero-order chi connectivity index (χ0) is 28.7. The van der Waals surface area contributed by atoms with Gasteiger partial charge in [0.2, 0.25) is 0 Å². The molecule has 0 rings (SSSR count). The first kappa shape index (κ1) is 38.3. The van der Waals surface area contributed by atoms with E-state index in [1.54, 1.807) is 0 Å². The Morgan fingerprint density at radius 1 is 0.410 bits per heavy atom. The van der Waals surface area contributed by atoms with E-state index >= 15 is 0 Å². The molecule has 0 fully saturated rings. The van der Waals surface area contributed by atoms with Crippen molar-refractivity contribution in [3.63, 3.8) is 0 Å². The monoisotopic (exact) mass is 550 g/mol. The average Bonchev–Trinajstić information content (AvgIpc) is 2.94. The van der Waals surface area contributed by atoms with Gasteiger partial charge in [-0.25, -0.2) is 0 Å². The van der Waals surface area contributed by atoms with Crippen LogP contribution < -0.4 is 5.32 Å². The van der Waals surface area contributed by atoms with Gasteiger partial charge in [0.15, 0.2) is 0 Å². The topological polar surface area (TPSA) is 46.2 Å². The fourth-order valence-corrected chi connectivity index (χ4v) is 5.68. The van der Waals surface area contributed by atoms with Crippen LogP contribution in [0.4, 0.5) is 0 Å². The molecule has 0 bridgehead atoms. The quantitative estimate of drug-likeness (QED) is 0.0654. The van der Waals surface area contributed by atoms with Gasteiger partial charge in [0, 0.05) is 19.4 Å². The van der Waals surface area contributed by atoms with E-state index in [0.29, 0.717) is 19.4 Å². The van der Waals surface area contributed by atoms with Crippen molar-refractivity contribution >= 4 is 11.6 Å². The number of ketones is 2. The van der Waals surface area contributed by atoms with Gasteiger partial charge >= 0.3 is 0 Å². The Hall–Kier alpha value is -0.700. The molecule has 0 aliphatic rings. The molecule has 0 unspecified atom stereocenters. The SMILES string of the molecule is CCCCCCCCCCCCCCCC(=O)C(CNCC)C(=O)CCCCCCCCCCCCCCC. The standard InChI is InChI=1S/C36H71NO2/c1-4-7-9-11-13-15-17-19-21-23-25-27-29-31-35(38)34(33-37-6-3)36(39)32-30-28-26-24-22-20-18-16-14-12-10-8-5-2/h34,37H,4-33H2,1-3H3. The number of carbonyl (C=O) groups is 2. The lowest BCUT2D eigenvalue weighted by Crippen LogP contribution is -2.34. The summed E-state index contributed by atoms with van der Waals surface area (Å²) in [4.78, 5) is 25.7. The van der Waals surface area contributed by atoms with E-state index in [2.05, 4.69) is 19.2 Å². The zero-order valence-corrected chi connectivity index (χ0v) is 27.1. The van der Waals surface area contributed by atoms with Crippen molar-refractivity contribution in [3.8, 4) is 0 Å². The highest BCUT2D eigenvalue weighted by Gasteiger charge is 2.24. The Bertz CT molecular complexity index is 476. The van der Waals surface area contributed by atoms with E-state index in [9.17, 15) is 9.59 Å². The predicted octanol–water partition coefficient (Wildman–Crippen LogP) is 11.3. The van der Waals surface area contributed by atoms with E-state index in [1.165, 1.54) is 141 Å². The molecule has 3 nitrogen and oxygen atoms in total. The van der Waals surface area contributed by atoms with Gasteiger partial charge in [-0.3, -0.25) is 9.59 Å². The van der Waals surface area contributed by atoms with Crippen LogP contribution >= 0.6 is 0 Å². The van der Waals surface area contributed by atoms with Gasteiger partial charge in [0.25, 0.3) is 0 Å². The summed E-state index contributed by atoms with van der Waals surface area (Å²) < 4.78 is 0. The van der Waals surface area contributed by atoms with Crippen molar-refractivity contribution in [1.29, 1.82) is 0 Å². The first-order valence-electron chi connectivity index (χ1n) is 17.9. The molecular weight excluding hydrogens is 478 g/mol. The number of carbonyl (C=O) groups excluding carboxylic acids is 2. The molecule has 0 aromatic rings. The van der Waals surface area contributed by atoms with Crippen LogP contribution in [0.2, 0.25) is 0 Å². The number of rotatable bonds is 33. The highest BCUT2D eigenvalue weighted by atomic mass is 16.1. The Kier molecular flexibility index (Phi) is 31.3. The Labute approximate surface area is 245 Å². The summed E-state index contributed by atoms with van der Waals surface area (Å²) in [5, 5.41) is 3.27. The van der Waals surface area contributed by atoms with E-state index in [1.807, 2.05) is 6.92 Å². The number of hydrogen-bond donors (Lipinski definition) is 1. The smallest absolute Gasteiger partial charge is 0.144 e. The van der Waals surface area contributed by atoms with Gasteiger partial charge < -0.3 is 5.32 Å². The Balaban J connectivity index is 3.79. The van der Waals surface area contributed by atoms with Crippen molar-refractivity contribution in [2.75, 3.05) is 13.1 Å². The minimum Gasteiger partial charge on any atom is -0.316 e. The van der Waals surface area contributed by atoms with Gasteiger partial charge in [-0.15, -0.1) is 0 Å². The summed E-state index contributed by atoms with van der Waals surface area (Å²) in [5.74, 6) is -0.0583. The molecule has 0 aliphatic carbocycles. The number of hydrogen-bond acceptors (Lipinski definition) is 3. The molecule has 0 saturated heterocycles. The van der Waals surface area contributed by atoms with Crippen LogP contribution in [-0.2, 0) is 9.59 Å². The fraction of sp³-hybridized carbons (Fsp3) is 0.944. The van der Waals surface area contributed by atoms with Gasteiger partial charge in [-0.05, 0) is 19.4 Å². The van der Waals surface area contributed by atoms with Gasteiger partial charge in [0.1, 0.15) is 11.6 Å². The minimum absolute atomic E-state index is 0.179. The van der Waals surface area contributed by atoms with E-state index < -0.39 is 5.92 Å². The lowest BCUT2D eigenvalue weighted by Gasteiger charge is -2.15. The molecule has 0 aromatic heterocycles. The second-order valence-electron chi connectivity index (χ2n) is 12.3. The van der Waals surface area contributed by atoms with Crippen molar-refractivity contribution in [3.05, 3.63) is 0 Å². The van der Waals surface area contributed by atoms with Crippen molar-refractivity contribution < 1.29 is 9.59 Å². The van der Waals surface area contributed by atoms with Crippen molar-refractivity contribution in [1.82, 2.24) is 5.32 Å². The fourth-order valence-electron chi connectivity index (χ4n) is 5.68. The summed E-state index contributed by atoms with van der Waals surface area (Å²) in [6, 6.07) is 0. The van der Waals surface area contributed by atoms with E-state index in [-0.39, 0.29) is 11.6 Å². The number of unbranched alkanes of at least 4 members (excludes halogenated alkanes) is 24. The van der Waals surface area contributed by atoms with Crippen LogP contribution in [0.25, 0.3) is 0 Å².